The van der Waals surface area contributed by atoms with Gasteiger partial charge in [0.25, 0.3) is 0 Å². The molecule has 1 atom stereocenters. The lowest BCUT2D eigenvalue weighted by atomic mass is 9.97. The van der Waals surface area contributed by atoms with Crippen LogP contribution in [-0.2, 0) is 9.59 Å². The van der Waals surface area contributed by atoms with Gasteiger partial charge in [0.1, 0.15) is 0 Å². The molecule has 19 heavy (non-hydrogen) atoms. The lowest BCUT2D eigenvalue weighted by Crippen LogP contribution is -2.46. The molecule has 0 bridgehead atoms. The molecule has 1 rings (SSSR count). The van der Waals surface area contributed by atoms with E-state index in [0.29, 0.717) is 18.9 Å². The van der Waals surface area contributed by atoms with Gasteiger partial charge in [-0.05, 0) is 26.2 Å². The normalized spacial score (nSPS) is 20.2. The summed E-state index contributed by atoms with van der Waals surface area (Å²) < 4.78 is 0. The summed E-state index contributed by atoms with van der Waals surface area (Å²) in [6.45, 7) is 11.7. The molecule has 1 fully saturated rings. The van der Waals surface area contributed by atoms with Crippen LogP contribution in [0, 0.1) is 11.8 Å². The van der Waals surface area contributed by atoms with E-state index in [-0.39, 0.29) is 23.3 Å². The Balaban J connectivity index is 2.54. The third kappa shape index (κ3) is 4.84. The highest BCUT2D eigenvalue weighted by atomic mass is 16.2. The molecule has 110 valence electrons. The van der Waals surface area contributed by atoms with Crippen LogP contribution < -0.4 is 5.32 Å². The molecular weight excluding hydrogens is 240 g/mol. The summed E-state index contributed by atoms with van der Waals surface area (Å²) in [5, 5.41) is 3.08. The first kappa shape index (κ1) is 16.0. The summed E-state index contributed by atoms with van der Waals surface area (Å²) in [5.41, 5.74) is -0.180. The van der Waals surface area contributed by atoms with E-state index in [4.69, 9.17) is 0 Å². The van der Waals surface area contributed by atoms with Gasteiger partial charge in [0.15, 0.2) is 0 Å². The highest BCUT2D eigenvalue weighted by Crippen LogP contribution is 2.21. The molecule has 1 heterocycles. The van der Waals surface area contributed by atoms with Gasteiger partial charge in [0.2, 0.25) is 11.8 Å². The van der Waals surface area contributed by atoms with E-state index in [1.807, 2.05) is 18.7 Å². The van der Waals surface area contributed by atoms with Crippen LogP contribution in [0.3, 0.4) is 0 Å². The predicted molar refractivity (Wildman–Crippen MR) is 76.7 cm³/mol. The lowest BCUT2D eigenvalue weighted by molar-refractivity contribution is -0.129. The maximum Gasteiger partial charge on any atom is 0.225 e. The molecule has 2 amide bonds. The maximum absolute atomic E-state index is 12.2. The van der Waals surface area contributed by atoms with E-state index in [1.54, 1.807) is 0 Å². The molecule has 4 heteroatoms. The molecule has 0 aromatic carbocycles. The van der Waals surface area contributed by atoms with Crippen LogP contribution in [0.4, 0.5) is 0 Å². The van der Waals surface area contributed by atoms with E-state index in [1.165, 1.54) is 0 Å². The molecule has 1 aliphatic rings. The fraction of sp³-hybridized carbons (Fsp3) is 0.867. The van der Waals surface area contributed by atoms with Crippen molar-refractivity contribution in [3.63, 3.8) is 0 Å². The zero-order valence-electron chi connectivity index (χ0n) is 13.0. The van der Waals surface area contributed by atoms with Crippen molar-refractivity contribution in [2.45, 2.75) is 59.4 Å². The third-order valence-corrected chi connectivity index (χ3v) is 3.51. The highest BCUT2D eigenvalue weighted by Gasteiger charge is 2.35. The summed E-state index contributed by atoms with van der Waals surface area (Å²) in [4.78, 5) is 25.9. The standard InChI is InChI=1S/C15H28N2O2/c1-6-7-15(4,5)16-14(19)12-8-13(18)17(10-12)9-11(2)3/h11-12H,6-10H2,1-5H3,(H,16,19)/t12-/m1/s1. The Bertz CT molecular complexity index is 337. The van der Waals surface area contributed by atoms with Crippen LogP contribution in [-0.4, -0.2) is 35.3 Å². The number of carbonyl (C=O) groups is 2. The quantitative estimate of drug-likeness (QED) is 0.802. The minimum atomic E-state index is -0.180. The minimum Gasteiger partial charge on any atom is -0.351 e. The van der Waals surface area contributed by atoms with Crippen LogP contribution in [0.25, 0.3) is 0 Å². The minimum absolute atomic E-state index is 0.0260. The molecule has 1 saturated heterocycles. The first-order valence-electron chi connectivity index (χ1n) is 7.35. The first-order chi connectivity index (χ1) is 8.75. The van der Waals surface area contributed by atoms with Crippen molar-refractivity contribution in [2.75, 3.05) is 13.1 Å². The van der Waals surface area contributed by atoms with Crippen LogP contribution in [0.1, 0.15) is 53.9 Å². The number of hydrogen-bond acceptors (Lipinski definition) is 2. The van der Waals surface area contributed by atoms with Gasteiger partial charge in [-0.25, -0.2) is 0 Å². The number of amides is 2. The van der Waals surface area contributed by atoms with Crippen molar-refractivity contribution in [1.29, 1.82) is 0 Å². The number of carbonyl (C=O) groups excluding carboxylic acids is 2. The molecule has 0 saturated carbocycles. The van der Waals surface area contributed by atoms with Gasteiger partial charge in [0, 0.05) is 25.0 Å². The topological polar surface area (TPSA) is 49.4 Å². The van der Waals surface area contributed by atoms with E-state index in [2.05, 4.69) is 26.1 Å². The molecule has 0 aromatic heterocycles. The van der Waals surface area contributed by atoms with Gasteiger partial charge in [-0.15, -0.1) is 0 Å². The Hall–Kier alpha value is -1.06. The lowest BCUT2D eigenvalue weighted by Gasteiger charge is -2.27. The summed E-state index contributed by atoms with van der Waals surface area (Å²) >= 11 is 0. The van der Waals surface area contributed by atoms with Crippen molar-refractivity contribution < 1.29 is 9.59 Å². The summed E-state index contributed by atoms with van der Waals surface area (Å²) in [5.74, 6) is 0.407. The number of hydrogen-bond donors (Lipinski definition) is 1. The predicted octanol–water partition coefficient (Wildman–Crippen LogP) is 2.19. The molecule has 0 spiro atoms. The van der Waals surface area contributed by atoms with Crippen molar-refractivity contribution in [3.05, 3.63) is 0 Å². The smallest absolute Gasteiger partial charge is 0.225 e. The molecular formula is C15H28N2O2. The summed E-state index contributed by atoms with van der Waals surface area (Å²) in [6, 6.07) is 0. The fourth-order valence-corrected chi connectivity index (χ4v) is 2.69. The second-order valence-electron chi connectivity index (χ2n) is 6.72. The zero-order valence-corrected chi connectivity index (χ0v) is 13.0. The second kappa shape index (κ2) is 6.40. The number of rotatable bonds is 6. The summed E-state index contributed by atoms with van der Waals surface area (Å²) in [6.07, 6.45) is 2.35. The van der Waals surface area contributed by atoms with E-state index < -0.39 is 0 Å². The Morgan fingerprint density at radius 2 is 2.11 bits per heavy atom. The van der Waals surface area contributed by atoms with E-state index >= 15 is 0 Å². The molecule has 0 radical (unpaired) electrons. The Labute approximate surface area is 116 Å². The highest BCUT2D eigenvalue weighted by molar-refractivity contribution is 5.89. The van der Waals surface area contributed by atoms with Gasteiger partial charge >= 0.3 is 0 Å². The van der Waals surface area contributed by atoms with Crippen molar-refractivity contribution in [3.8, 4) is 0 Å². The molecule has 0 unspecified atom stereocenters. The van der Waals surface area contributed by atoms with E-state index in [9.17, 15) is 9.59 Å². The van der Waals surface area contributed by atoms with Gasteiger partial charge in [-0.3, -0.25) is 9.59 Å². The van der Waals surface area contributed by atoms with Gasteiger partial charge in [0.05, 0.1) is 5.92 Å². The molecule has 0 aromatic rings. The fourth-order valence-electron chi connectivity index (χ4n) is 2.69. The van der Waals surface area contributed by atoms with Crippen LogP contribution in [0.2, 0.25) is 0 Å². The zero-order chi connectivity index (χ0) is 14.6. The summed E-state index contributed by atoms with van der Waals surface area (Å²) in [7, 11) is 0. The Kier molecular flexibility index (Phi) is 5.39. The van der Waals surface area contributed by atoms with Crippen LogP contribution in [0.5, 0.6) is 0 Å². The number of nitrogens with zero attached hydrogens (tertiary/aromatic N) is 1. The Morgan fingerprint density at radius 1 is 1.47 bits per heavy atom. The first-order valence-corrected chi connectivity index (χ1v) is 7.35. The van der Waals surface area contributed by atoms with Crippen molar-refractivity contribution in [1.82, 2.24) is 10.2 Å². The van der Waals surface area contributed by atoms with Gasteiger partial charge in [-0.1, -0.05) is 27.2 Å². The van der Waals surface area contributed by atoms with Crippen molar-refractivity contribution >= 4 is 11.8 Å². The van der Waals surface area contributed by atoms with Crippen molar-refractivity contribution in [2.24, 2.45) is 11.8 Å². The SMILES string of the molecule is CCCC(C)(C)NC(=O)[C@@H]1CC(=O)N(CC(C)C)C1. The van der Waals surface area contributed by atoms with Crippen LogP contribution >= 0.6 is 0 Å². The average Bonchev–Trinajstić information content (AvgIpc) is 2.58. The second-order valence-corrected chi connectivity index (χ2v) is 6.72. The Morgan fingerprint density at radius 3 is 2.63 bits per heavy atom. The maximum atomic E-state index is 12.2. The molecule has 1 aliphatic heterocycles. The molecule has 0 aliphatic carbocycles. The number of likely N-dealkylation sites (tertiary alicyclic amines) is 1. The largest absolute Gasteiger partial charge is 0.351 e. The molecule has 4 nitrogen and oxygen atoms in total. The van der Waals surface area contributed by atoms with E-state index in [0.717, 1.165) is 19.4 Å². The molecule has 1 N–H and O–H groups in total. The number of nitrogens with one attached hydrogen (secondary N) is 1. The third-order valence-electron chi connectivity index (χ3n) is 3.51. The van der Waals surface area contributed by atoms with Gasteiger partial charge in [-0.2, -0.15) is 0 Å². The average molecular weight is 268 g/mol. The van der Waals surface area contributed by atoms with Gasteiger partial charge < -0.3 is 10.2 Å². The van der Waals surface area contributed by atoms with Crippen LogP contribution in [0.15, 0.2) is 0 Å². The monoisotopic (exact) mass is 268 g/mol.